The fourth-order valence-electron chi connectivity index (χ4n) is 3.55. The molecule has 0 fully saturated rings. The van der Waals surface area contributed by atoms with Gasteiger partial charge in [0.25, 0.3) is 10.0 Å². The number of carbonyl (C=O) groups is 2. The monoisotopic (exact) mass is 480 g/mol. The van der Waals surface area contributed by atoms with Crippen LogP contribution in [0.2, 0.25) is 0 Å². The maximum Gasteiger partial charge on any atom is 0.338 e. The Balaban J connectivity index is 1.95. The van der Waals surface area contributed by atoms with Gasteiger partial charge in [-0.2, -0.15) is 0 Å². The first-order valence-corrected chi connectivity index (χ1v) is 12.3. The number of anilines is 2. The molecule has 7 nitrogen and oxygen atoms in total. The highest BCUT2D eigenvalue weighted by atomic mass is 32.2. The molecular formula is C26H28N2O5S. The molecule has 3 rings (SSSR count). The molecule has 0 saturated heterocycles. The van der Waals surface area contributed by atoms with Crippen LogP contribution in [0.25, 0.3) is 0 Å². The van der Waals surface area contributed by atoms with Gasteiger partial charge >= 0.3 is 5.97 Å². The minimum absolute atomic E-state index is 0.0856. The molecule has 0 spiro atoms. The highest BCUT2D eigenvalue weighted by molar-refractivity contribution is 7.92. The summed E-state index contributed by atoms with van der Waals surface area (Å²) >= 11 is 0. The largest absolute Gasteiger partial charge is 0.462 e. The van der Waals surface area contributed by atoms with Crippen molar-refractivity contribution in [3.8, 4) is 0 Å². The van der Waals surface area contributed by atoms with Crippen molar-refractivity contribution in [1.82, 2.24) is 0 Å². The molecule has 0 bridgehead atoms. The Morgan fingerprint density at radius 1 is 0.912 bits per heavy atom. The Morgan fingerprint density at radius 2 is 1.56 bits per heavy atom. The van der Waals surface area contributed by atoms with Crippen LogP contribution in [0.3, 0.4) is 0 Å². The highest BCUT2D eigenvalue weighted by Gasteiger charge is 2.27. The number of benzene rings is 3. The standard InChI is InChI=1S/C26H28N2O5S/c1-5-33-26(30)21-12-11-20(4)24(16-21)27-25(29)17-28(22-14-18(2)13-19(3)15-22)34(31,32)23-9-7-6-8-10-23/h6-16H,5,17H2,1-4H3,(H,27,29). The third-order valence-electron chi connectivity index (χ3n) is 5.14. The van der Waals surface area contributed by atoms with E-state index in [2.05, 4.69) is 5.32 Å². The number of rotatable bonds is 8. The fraction of sp³-hybridized carbons (Fsp3) is 0.231. The summed E-state index contributed by atoms with van der Waals surface area (Å²) in [5.74, 6) is -1.04. The van der Waals surface area contributed by atoms with Crippen LogP contribution in [0, 0.1) is 20.8 Å². The van der Waals surface area contributed by atoms with Gasteiger partial charge in [-0.3, -0.25) is 9.10 Å². The molecule has 178 valence electrons. The Labute approximate surface area is 200 Å². The van der Waals surface area contributed by atoms with Crippen molar-refractivity contribution in [3.63, 3.8) is 0 Å². The number of amides is 1. The van der Waals surface area contributed by atoms with Crippen molar-refractivity contribution < 1.29 is 22.7 Å². The minimum Gasteiger partial charge on any atom is -0.462 e. The molecule has 0 atom stereocenters. The number of carbonyl (C=O) groups excluding carboxylic acids is 2. The van der Waals surface area contributed by atoms with Gasteiger partial charge in [0.1, 0.15) is 6.54 Å². The van der Waals surface area contributed by atoms with Crippen LogP contribution in [0.4, 0.5) is 11.4 Å². The van der Waals surface area contributed by atoms with Crippen molar-refractivity contribution >= 4 is 33.3 Å². The van der Waals surface area contributed by atoms with Gasteiger partial charge in [-0.1, -0.05) is 30.3 Å². The van der Waals surface area contributed by atoms with Gasteiger partial charge in [0.15, 0.2) is 0 Å². The molecule has 0 radical (unpaired) electrons. The fourth-order valence-corrected chi connectivity index (χ4v) is 4.97. The van der Waals surface area contributed by atoms with E-state index in [-0.39, 0.29) is 11.5 Å². The topological polar surface area (TPSA) is 92.8 Å². The van der Waals surface area contributed by atoms with Gasteiger partial charge in [-0.25, -0.2) is 13.2 Å². The van der Waals surface area contributed by atoms with Crippen LogP contribution in [0.5, 0.6) is 0 Å². The van der Waals surface area contributed by atoms with Crippen LogP contribution in [0.15, 0.2) is 71.6 Å². The quantitative estimate of drug-likeness (QED) is 0.475. The van der Waals surface area contributed by atoms with Gasteiger partial charge in [-0.05, 0) is 80.8 Å². The number of nitrogens with one attached hydrogen (secondary N) is 1. The molecule has 8 heteroatoms. The van der Waals surface area contributed by atoms with Gasteiger partial charge in [-0.15, -0.1) is 0 Å². The third-order valence-corrected chi connectivity index (χ3v) is 6.92. The number of sulfonamides is 1. The maximum atomic E-state index is 13.5. The summed E-state index contributed by atoms with van der Waals surface area (Å²) in [6, 6.07) is 18.2. The normalized spacial score (nSPS) is 11.1. The summed E-state index contributed by atoms with van der Waals surface area (Å²) in [6.07, 6.45) is 0. The van der Waals surface area contributed by atoms with E-state index >= 15 is 0 Å². The molecule has 0 saturated carbocycles. The molecule has 0 aliphatic carbocycles. The number of ether oxygens (including phenoxy) is 1. The van der Waals surface area contributed by atoms with Gasteiger partial charge in [0.2, 0.25) is 5.91 Å². The van der Waals surface area contributed by atoms with Crippen LogP contribution in [0.1, 0.15) is 34.0 Å². The average Bonchev–Trinajstić information content (AvgIpc) is 2.79. The average molecular weight is 481 g/mol. The van der Waals surface area contributed by atoms with Crippen LogP contribution >= 0.6 is 0 Å². The molecule has 1 N–H and O–H groups in total. The van der Waals surface area contributed by atoms with Crippen molar-refractivity contribution in [2.24, 2.45) is 0 Å². The van der Waals surface area contributed by atoms with Crippen molar-refractivity contribution in [1.29, 1.82) is 0 Å². The van der Waals surface area contributed by atoms with E-state index in [1.807, 2.05) is 19.9 Å². The second-order valence-electron chi connectivity index (χ2n) is 7.97. The molecule has 0 heterocycles. The minimum atomic E-state index is -4.02. The molecule has 0 aliphatic heterocycles. The third kappa shape index (κ3) is 5.82. The summed E-state index contributed by atoms with van der Waals surface area (Å²) in [4.78, 5) is 25.2. The zero-order valence-electron chi connectivity index (χ0n) is 19.7. The maximum absolute atomic E-state index is 13.5. The van der Waals surface area contributed by atoms with E-state index in [0.29, 0.717) is 16.9 Å². The second-order valence-corrected chi connectivity index (χ2v) is 9.83. The van der Waals surface area contributed by atoms with E-state index < -0.39 is 28.4 Å². The Bertz CT molecular complexity index is 1280. The lowest BCUT2D eigenvalue weighted by molar-refractivity contribution is -0.114. The lowest BCUT2D eigenvalue weighted by atomic mass is 10.1. The number of hydrogen-bond donors (Lipinski definition) is 1. The predicted molar refractivity (Wildman–Crippen MR) is 133 cm³/mol. The summed E-state index contributed by atoms with van der Waals surface area (Å²) < 4.78 is 33.1. The van der Waals surface area contributed by atoms with Crippen LogP contribution in [-0.2, 0) is 19.6 Å². The smallest absolute Gasteiger partial charge is 0.338 e. The summed E-state index contributed by atoms with van der Waals surface area (Å²) in [6.45, 7) is 7.03. The molecule has 0 aromatic heterocycles. The predicted octanol–water partition coefficient (Wildman–Crippen LogP) is 4.62. The Morgan fingerprint density at radius 3 is 2.18 bits per heavy atom. The molecule has 0 unspecified atom stereocenters. The lowest BCUT2D eigenvalue weighted by Gasteiger charge is -2.25. The summed E-state index contributed by atoms with van der Waals surface area (Å²) in [5, 5.41) is 2.75. The summed E-state index contributed by atoms with van der Waals surface area (Å²) in [5.41, 5.74) is 3.58. The number of esters is 1. The Kier molecular flexibility index (Phi) is 7.73. The van der Waals surface area contributed by atoms with Gasteiger partial charge < -0.3 is 10.1 Å². The molecular weight excluding hydrogens is 452 g/mol. The van der Waals surface area contributed by atoms with Crippen molar-refractivity contribution in [2.45, 2.75) is 32.6 Å². The highest BCUT2D eigenvalue weighted by Crippen LogP contribution is 2.26. The zero-order chi connectivity index (χ0) is 24.9. The summed E-state index contributed by atoms with van der Waals surface area (Å²) in [7, 11) is -4.02. The Hall–Kier alpha value is -3.65. The van der Waals surface area contributed by atoms with E-state index in [4.69, 9.17) is 4.74 Å². The molecule has 0 aliphatic rings. The first-order valence-electron chi connectivity index (χ1n) is 10.9. The second kappa shape index (κ2) is 10.5. The SMILES string of the molecule is CCOC(=O)c1ccc(C)c(NC(=O)CN(c2cc(C)cc(C)c2)S(=O)(=O)c2ccccc2)c1. The first kappa shape index (κ1) is 25.0. The van der Waals surface area contributed by atoms with Crippen molar-refractivity contribution in [3.05, 3.63) is 89.0 Å². The lowest BCUT2D eigenvalue weighted by Crippen LogP contribution is -2.38. The molecule has 1 amide bonds. The van der Waals surface area contributed by atoms with E-state index in [1.165, 1.54) is 18.2 Å². The molecule has 34 heavy (non-hydrogen) atoms. The van der Waals surface area contributed by atoms with Crippen LogP contribution in [-0.4, -0.2) is 33.4 Å². The molecule has 3 aromatic carbocycles. The molecule has 3 aromatic rings. The number of nitrogens with zero attached hydrogens (tertiary/aromatic N) is 1. The van der Waals surface area contributed by atoms with E-state index in [0.717, 1.165) is 21.0 Å². The zero-order valence-corrected chi connectivity index (χ0v) is 20.5. The van der Waals surface area contributed by atoms with Gasteiger partial charge in [0, 0.05) is 5.69 Å². The van der Waals surface area contributed by atoms with E-state index in [1.54, 1.807) is 56.3 Å². The van der Waals surface area contributed by atoms with Crippen molar-refractivity contribution in [2.75, 3.05) is 22.8 Å². The number of aryl methyl sites for hydroxylation is 3. The van der Waals surface area contributed by atoms with Gasteiger partial charge in [0.05, 0.1) is 22.8 Å². The van der Waals surface area contributed by atoms with E-state index in [9.17, 15) is 18.0 Å². The first-order chi connectivity index (χ1) is 16.1. The number of hydrogen-bond acceptors (Lipinski definition) is 5. The van der Waals surface area contributed by atoms with Crippen LogP contribution < -0.4 is 9.62 Å².